The van der Waals surface area contributed by atoms with Gasteiger partial charge in [-0.25, -0.2) is 0 Å². The standard InChI is InChI=1S/C11H13ClO3/c1-7-4-8(5-11(13)15-3)10(14-2)6-9(7)12/h4,6H,5H2,1-3H3. The highest BCUT2D eigenvalue weighted by molar-refractivity contribution is 6.31. The molecule has 0 aliphatic rings. The first-order valence-corrected chi connectivity index (χ1v) is 4.86. The molecule has 0 bridgehead atoms. The molecule has 3 nitrogen and oxygen atoms in total. The molecular formula is C11H13ClO3. The average Bonchev–Trinajstić information content (AvgIpc) is 2.22. The Morgan fingerprint density at radius 1 is 1.40 bits per heavy atom. The van der Waals surface area contributed by atoms with Crippen LogP contribution in [0.3, 0.4) is 0 Å². The molecule has 0 saturated carbocycles. The van der Waals surface area contributed by atoms with Crippen LogP contribution >= 0.6 is 11.6 Å². The van der Waals surface area contributed by atoms with Crippen LogP contribution in [0.5, 0.6) is 5.75 Å². The molecule has 15 heavy (non-hydrogen) atoms. The topological polar surface area (TPSA) is 35.5 Å². The van der Waals surface area contributed by atoms with E-state index in [-0.39, 0.29) is 12.4 Å². The van der Waals surface area contributed by atoms with Crippen LogP contribution in [0.4, 0.5) is 0 Å². The van der Waals surface area contributed by atoms with E-state index in [9.17, 15) is 4.79 Å². The van der Waals surface area contributed by atoms with Gasteiger partial charge >= 0.3 is 5.97 Å². The molecule has 82 valence electrons. The minimum absolute atomic E-state index is 0.192. The zero-order valence-corrected chi connectivity index (χ0v) is 9.72. The number of methoxy groups -OCH3 is 2. The Morgan fingerprint density at radius 2 is 2.07 bits per heavy atom. The molecule has 0 radical (unpaired) electrons. The van der Waals surface area contributed by atoms with Crippen molar-refractivity contribution in [3.8, 4) is 5.75 Å². The van der Waals surface area contributed by atoms with E-state index in [0.29, 0.717) is 10.8 Å². The smallest absolute Gasteiger partial charge is 0.310 e. The van der Waals surface area contributed by atoms with E-state index in [1.807, 2.05) is 13.0 Å². The van der Waals surface area contributed by atoms with E-state index in [1.165, 1.54) is 7.11 Å². The van der Waals surface area contributed by atoms with Crippen molar-refractivity contribution >= 4 is 17.6 Å². The second-order valence-corrected chi connectivity index (χ2v) is 3.57. The molecule has 0 aliphatic carbocycles. The maximum atomic E-state index is 11.1. The SMILES string of the molecule is COC(=O)Cc1cc(C)c(Cl)cc1OC. The van der Waals surface area contributed by atoms with Gasteiger partial charge < -0.3 is 9.47 Å². The van der Waals surface area contributed by atoms with Crippen molar-refractivity contribution in [3.63, 3.8) is 0 Å². The lowest BCUT2D eigenvalue weighted by atomic mass is 10.1. The summed E-state index contributed by atoms with van der Waals surface area (Å²) in [5.41, 5.74) is 1.70. The van der Waals surface area contributed by atoms with Crippen LogP contribution in [0.25, 0.3) is 0 Å². The fraction of sp³-hybridized carbons (Fsp3) is 0.364. The van der Waals surface area contributed by atoms with Gasteiger partial charge in [-0.3, -0.25) is 4.79 Å². The summed E-state index contributed by atoms with van der Waals surface area (Å²) in [5.74, 6) is 0.311. The molecule has 0 heterocycles. The lowest BCUT2D eigenvalue weighted by Gasteiger charge is -2.09. The molecular weight excluding hydrogens is 216 g/mol. The number of carbonyl (C=O) groups excluding carboxylic acids is 1. The summed E-state index contributed by atoms with van der Waals surface area (Å²) in [6.07, 6.45) is 0.192. The van der Waals surface area contributed by atoms with Gasteiger partial charge in [0.05, 0.1) is 20.6 Å². The number of aryl methyl sites for hydroxylation is 1. The fourth-order valence-corrected chi connectivity index (χ4v) is 1.43. The molecule has 0 unspecified atom stereocenters. The number of rotatable bonds is 3. The minimum atomic E-state index is -0.296. The Kier molecular flexibility index (Phi) is 3.97. The van der Waals surface area contributed by atoms with Crippen LogP contribution in [0.1, 0.15) is 11.1 Å². The Balaban J connectivity index is 3.05. The summed E-state index contributed by atoms with van der Waals surface area (Å²) in [5, 5.41) is 0.625. The third-order valence-corrected chi connectivity index (χ3v) is 2.53. The maximum Gasteiger partial charge on any atom is 0.310 e. The van der Waals surface area contributed by atoms with Crippen molar-refractivity contribution < 1.29 is 14.3 Å². The van der Waals surface area contributed by atoms with Gasteiger partial charge in [0.25, 0.3) is 0 Å². The molecule has 0 atom stereocenters. The first-order chi connectivity index (χ1) is 7.08. The van der Waals surface area contributed by atoms with Crippen molar-refractivity contribution in [1.82, 2.24) is 0 Å². The Labute approximate surface area is 93.9 Å². The summed E-state index contributed by atoms with van der Waals surface area (Å²) >= 11 is 5.94. The zero-order chi connectivity index (χ0) is 11.4. The number of carbonyl (C=O) groups is 1. The van der Waals surface area contributed by atoms with E-state index in [2.05, 4.69) is 4.74 Å². The van der Waals surface area contributed by atoms with Gasteiger partial charge in [0.15, 0.2) is 0 Å². The van der Waals surface area contributed by atoms with E-state index in [1.54, 1.807) is 13.2 Å². The summed E-state index contributed by atoms with van der Waals surface area (Å²) < 4.78 is 9.73. The van der Waals surface area contributed by atoms with E-state index in [0.717, 1.165) is 11.1 Å². The third-order valence-electron chi connectivity index (χ3n) is 2.12. The van der Waals surface area contributed by atoms with Gasteiger partial charge in [-0.1, -0.05) is 17.7 Å². The molecule has 0 amide bonds. The van der Waals surface area contributed by atoms with E-state index in [4.69, 9.17) is 16.3 Å². The van der Waals surface area contributed by atoms with Crippen LogP contribution in [-0.2, 0) is 16.0 Å². The highest BCUT2D eigenvalue weighted by atomic mass is 35.5. The normalized spacial score (nSPS) is 9.87. The van der Waals surface area contributed by atoms with Crippen molar-refractivity contribution in [3.05, 3.63) is 28.3 Å². The Bertz CT molecular complexity index is 374. The van der Waals surface area contributed by atoms with Crippen LogP contribution in [0.2, 0.25) is 5.02 Å². The number of benzene rings is 1. The maximum absolute atomic E-state index is 11.1. The minimum Gasteiger partial charge on any atom is -0.496 e. The van der Waals surface area contributed by atoms with Gasteiger partial charge in [-0.05, 0) is 18.6 Å². The zero-order valence-electron chi connectivity index (χ0n) is 8.96. The molecule has 0 saturated heterocycles. The van der Waals surface area contributed by atoms with Gasteiger partial charge in [-0.2, -0.15) is 0 Å². The van der Waals surface area contributed by atoms with E-state index >= 15 is 0 Å². The Hall–Kier alpha value is -1.22. The number of hydrogen-bond donors (Lipinski definition) is 0. The second kappa shape index (κ2) is 5.03. The molecule has 0 fully saturated rings. The molecule has 0 aliphatic heterocycles. The van der Waals surface area contributed by atoms with Crippen molar-refractivity contribution in [2.24, 2.45) is 0 Å². The monoisotopic (exact) mass is 228 g/mol. The van der Waals surface area contributed by atoms with Crippen LogP contribution in [0.15, 0.2) is 12.1 Å². The van der Waals surface area contributed by atoms with Gasteiger partial charge in [-0.15, -0.1) is 0 Å². The third kappa shape index (κ3) is 2.86. The number of halogens is 1. The molecule has 4 heteroatoms. The average molecular weight is 229 g/mol. The van der Waals surface area contributed by atoms with Gasteiger partial charge in [0.2, 0.25) is 0 Å². The number of ether oxygens (including phenoxy) is 2. The van der Waals surface area contributed by atoms with Crippen molar-refractivity contribution in [1.29, 1.82) is 0 Å². The second-order valence-electron chi connectivity index (χ2n) is 3.17. The van der Waals surface area contributed by atoms with Crippen LogP contribution < -0.4 is 4.74 Å². The molecule has 1 aromatic carbocycles. The highest BCUT2D eigenvalue weighted by Gasteiger charge is 2.11. The van der Waals surface area contributed by atoms with Crippen molar-refractivity contribution in [2.75, 3.05) is 14.2 Å². The summed E-state index contributed by atoms with van der Waals surface area (Å²) in [6.45, 7) is 1.88. The molecule has 1 rings (SSSR count). The first kappa shape index (κ1) is 11.9. The quantitative estimate of drug-likeness (QED) is 0.746. The fourth-order valence-electron chi connectivity index (χ4n) is 1.28. The van der Waals surface area contributed by atoms with Gasteiger partial charge in [0, 0.05) is 10.6 Å². The number of esters is 1. The van der Waals surface area contributed by atoms with Crippen LogP contribution in [0, 0.1) is 6.92 Å². The predicted octanol–water partition coefficient (Wildman–Crippen LogP) is 2.37. The largest absolute Gasteiger partial charge is 0.496 e. The molecule has 1 aromatic rings. The van der Waals surface area contributed by atoms with E-state index < -0.39 is 0 Å². The summed E-state index contributed by atoms with van der Waals surface area (Å²) in [7, 11) is 2.90. The van der Waals surface area contributed by atoms with Gasteiger partial charge in [0.1, 0.15) is 5.75 Å². The lowest BCUT2D eigenvalue weighted by molar-refractivity contribution is -0.139. The molecule has 0 aromatic heterocycles. The predicted molar refractivity (Wildman–Crippen MR) is 58.5 cm³/mol. The Morgan fingerprint density at radius 3 is 2.60 bits per heavy atom. The number of hydrogen-bond acceptors (Lipinski definition) is 3. The van der Waals surface area contributed by atoms with Crippen LogP contribution in [-0.4, -0.2) is 20.2 Å². The highest BCUT2D eigenvalue weighted by Crippen LogP contribution is 2.27. The summed E-state index contributed by atoms with van der Waals surface area (Å²) in [4.78, 5) is 11.1. The first-order valence-electron chi connectivity index (χ1n) is 4.48. The molecule has 0 N–H and O–H groups in total. The molecule has 0 spiro atoms. The van der Waals surface area contributed by atoms with Crippen molar-refractivity contribution in [2.45, 2.75) is 13.3 Å². The lowest BCUT2D eigenvalue weighted by Crippen LogP contribution is -2.06. The summed E-state index contributed by atoms with van der Waals surface area (Å²) in [6, 6.07) is 3.53.